The molecular weight excluding hydrogens is 258 g/mol. The van der Waals surface area contributed by atoms with Crippen molar-refractivity contribution in [2.24, 2.45) is 11.7 Å². The van der Waals surface area contributed by atoms with Gasteiger partial charge in [-0.3, -0.25) is 0 Å². The summed E-state index contributed by atoms with van der Waals surface area (Å²) in [6.07, 6.45) is 17.6. The van der Waals surface area contributed by atoms with Gasteiger partial charge in [0.25, 0.3) is 0 Å². The fourth-order valence-corrected chi connectivity index (χ4v) is 3.40. The number of hydrogen-bond donors (Lipinski definition) is 3. The van der Waals surface area contributed by atoms with Crippen LogP contribution in [-0.4, -0.2) is 32.7 Å². The molecule has 0 spiro atoms. The van der Waals surface area contributed by atoms with Crippen molar-refractivity contribution in [3.63, 3.8) is 0 Å². The van der Waals surface area contributed by atoms with E-state index in [2.05, 4.69) is 10.6 Å². The van der Waals surface area contributed by atoms with Gasteiger partial charge in [0, 0.05) is 26.2 Å². The quantitative estimate of drug-likeness (QED) is 0.571. The zero-order chi connectivity index (χ0) is 15.0. The predicted molar refractivity (Wildman–Crippen MR) is 93.7 cm³/mol. The van der Waals surface area contributed by atoms with Gasteiger partial charge in [-0.2, -0.15) is 0 Å². The molecule has 0 unspecified atom stereocenters. The summed E-state index contributed by atoms with van der Waals surface area (Å²) < 4.78 is 0. The topological polar surface area (TPSA) is 50.1 Å². The molecule has 0 aromatic rings. The molecule has 3 heteroatoms. The Labute approximate surface area is 132 Å². The van der Waals surface area contributed by atoms with Crippen LogP contribution in [0.5, 0.6) is 0 Å². The molecule has 0 aliphatic heterocycles. The van der Waals surface area contributed by atoms with Crippen molar-refractivity contribution in [1.29, 1.82) is 0 Å². The Hall–Kier alpha value is -0.120. The third kappa shape index (κ3) is 12.1. The molecule has 3 nitrogen and oxygen atoms in total. The summed E-state index contributed by atoms with van der Waals surface area (Å²) in [5.41, 5.74) is 5.45. The molecule has 4 N–H and O–H groups in total. The van der Waals surface area contributed by atoms with Crippen LogP contribution in [-0.2, 0) is 0 Å². The highest BCUT2D eigenvalue weighted by Gasteiger charge is 2.09. The van der Waals surface area contributed by atoms with Crippen molar-refractivity contribution in [3.05, 3.63) is 0 Å². The molecule has 1 aliphatic carbocycles. The maximum absolute atomic E-state index is 5.45. The van der Waals surface area contributed by atoms with E-state index in [0.717, 1.165) is 32.1 Å². The third-order valence-corrected chi connectivity index (χ3v) is 4.74. The van der Waals surface area contributed by atoms with Crippen LogP contribution >= 0.6 is 0 Å². The fraction of sp³-hybridized carbons (Fsp3) is 1.00. The normalized spacial score (nSPS) is 19.3. The van der Waals surface area contributed by atoms with E-state index in [1.165, 1.54) is 83.6 Å². The van der Waals surface area contributed by atoms with Crippen LogP contribution in [0.1, 0.15) is 77.0 Å². The van der Waals surface area contributed by atoms with Crippen molar-refractivity contribution in [2.45, 2.75) is 77.0 Å². The first-order chi connectivity index (χ1) is 10.4. The monoisotopic (exact) mass is 297 g/mol. The van der Waals surface area contributed by atoms with E-state index in [9.17, 15) is 0 Å². The van der Waals surface area contributed by atoms with E-state index in [1.807, 2.05) is 0 Å². The SMILES string of the molecule is NCCNCCNCCCC1CCCCCCCCCC1. The van der Waals surface area contributed by atoms with Gasteiger partial charge in [-0.05, 0) is 25.3 Å². The largest absolute Gasteiger partial charge is 0.329 e. The Kier molecular flexibility index (Phi) is 13.3. The maximum atomic E-state index is 5.45. The zero-order valence-electron chi connectivity index (χ0n) is 14.2. The van der Waals surface area contributed by atoms with Crippen molar-refractivity contribution in [1.82, 2.24) is 10.6 Å². The fourth-order valence-electron chi connectivity index (χ4n) is 3.40. The van der Waals surface area contributed by atoms with E-state index in [0.29, 0.717) is 0 Å². The van der Waals surface area contributed by atoms with Gasteiger partial charge in [0.05, 0.1) is 0 Å². The van der Waals surface area contributed by atoms with Crippen LogP contribution in [0.15, 0.2) is 0 Å². The molecule has 1 fully saturated rings. The lowest BCUT2D eigenvalue weighted by atomic mass is 9.91. The second kappa shape index (κ2) is 14.8. The van der Waals surface area contributed by atoms with Crippen LogP contribution in [0.3, 0.4) is 0 Å². The molecule has 21 heavy (non-hydrogen) atoms. The zero-order valence-corrected chi connectivity index (χ0v) is 14.2. The number of nitrogens with one attached hydrogen (secondary N) is 2. The summed E-state index contributed by atoms with van der Waals surface area (Å²) >= 11 is 0. The molecule has 0 atom stereocenters. The molecular formula is C18H39N3. The summed E-state index contributed by atoms with van der Waals surface area (Å²) in [5, 5.41) is 6.86. The average Bonchev–Trinajstić information content (AvgIpc) is 2.56. The van der Waals surface area contributed by atoms with Gasteiger partial charge >= 0.3 is 0 Å². The van der Waals surface area contributed by atoms with Crippen molar-refractivity contribution >= 4 is 0 Å². The second-order valence-corrected chi connectivity index (χ2v) is 6.70. The van der Waals surface area contributed by atoms with Crippen LogP contribution < -0.4 is 16.4 Å². The Morgan fingerprint density at radius 1 is 0.667 bits per heavy atom. The lowest BCUT2D eigenvalue weighted by Crippen LogP contribution is -2.31. The highest BCUT2D eigenvalue weighted by molar-refractivity contribution is 4.64. The Balaban J connectivity index is 1.99. The summed E-state index contributed by atoms with van der Waals surface area (Å²) in [4.78, 5) is 0. The second-order valence-electron chi connectivity index (χ2n) is 6.70. The third-order valence-electron chi connectivity index (χ3n) is 4.74. The minimum atomic E-state index is 0.738. The van der Waals surface area contributed by atoms with Gasteiger partial charge in [-0.25, -0.2) is 0 Å². The van der Waals surface area contributed by atoms with Crippen molar-refractivity contribution in [3.8, 4) is 0 Å². The minimum Gasteiger partial charge on any atom is -0.329 e. The molecule has 0 aromatic heterocycles. The summed E-state index contributed by atoms with van der Waals surface area (Å²) in [6, 6.07) is 0. The highest BCUT2D eigenvalue weighted by atomic mass is 14.9. The lowest BCUT2D eigenvalue weighted by molar-refractivity contribution is 0.376. The number of nitrogens with two attached hydrogens (primary N) is 1. The number of hydrogen-bond acceptors (Lipinski definition) is 3. The van der Waals surface area contributed by atoms with Gasteiger partial charge in [0.2, 0.25) is 0 Å². The molecule has 0 amide bonds. The highest BCUT2D eigenvalue weighted by Crippen LogP contribution is 2.24. The predicted octanol–water partition coefficient (Wildman–Crippen LogP) is 3.44. The van der Waals surface area contributed by atoms with Crippen LogP contribution in [0, 0.1) is 5.92 Å². The van der Waals surface area contributed by atoms with Crippen molar-refractivity contribution < 1.29 is 0 Å². The van der Waals surface area contributed by atoms with E-state index in [1.54, 1.807) is 0 Å². The smallest absolute Gasteiger partial charge is 0.00772 e. The molecule has 0 aromatic carbocycles. The minimum absolute atomic E-state index is 0.738. The van der Waals surface area contributed by atoms with E-state index >= 15 is 0 Å². The Morgan fingerprint density at radius 2 is 1.19 bits per heavy atom. The van der Waals surface area contributed by atoms with Gasteiger partial charge in [-0.1, -0.05) is 64.2 Å². The molecule has 1 aliphatic rings. The number of rotatable bonds is 9. The van der Waals surface area contributed by atoms with Crippen molar-refractivity contribution in [2.75, 3.05) is 32.7 Å². The van der Waals surface area contributed by atoms with E-state index in [4.69, 9.17) is 5.73 Å². The first-order valence-electron chi connectivity index (χ1n) is 9.55. The van der Waals surface area contributed by atoms with Crippen LogP contribution in [0.2, 0.25) is 0 Å². The standard InChI is InChI=1S/C18H39N3/c19-13-15-21-17-16-20-14-9-12-18-10-7-5-3-1-2-4-6-8-11-18/h18,20-21H,1-17,19H2. The summed E-state index contributed by atoms with van der Waals surface area (Å²) in [6.45, 7) is 4.97. The van der Waals surface area contributed by atoms with Gasteiger partial charge in [0.15, 0.2) is 0 Å². The average molecular weight is 298 g/mol. The molecule has 1 rings (SSSR count). The molecule has 126 valence electrons. The first-order valence-corrected chi connectivity index (χ1v) is 9.55. The maximum Gasteiger partial charge on any atom is 0.00772 e. The van der Waals surface area contributed by atoms with Gasteiger partial charge in [0.1, 0.15) is 0 Å². The molecule has 0 radical (unpaired) electrons. The lowest BCUT2D eigenvalue weighted by Gasteiger charge is -2.16. The summed E-state index contributed by atoms with van der Waals surface area (Å²) in [7, 11) is 0. The van der Waals surface area contributed by atoms with Gasteiger partial charge < -0.3 is 16.4 Å². The van der Waals surface area contributed by atoms with Gasteiger partial charge in [-0.15, -0.1) is 0 Å². The molecule has 0 bridgehead atoms. The summed E-state index contributed by atoms with van der Waals surface area (Å²) in [5.74, 6) is 1.00. The molecule has 1 saturated carbocycles. The van der Waals surface area contributed by atoms with Crippen LogP contribution in [0.25, 0.3) is 0 Å². The Morgan fingerprint density at radius 3 is 1.76 bits per heavy atom. The first kappa shape index (κ1) is 18.9. The van der Waals surface area contributed by atoms with E-state index in [-0.39, 0.29) is 0 Å². The Bertz CT molecular complexity index is 197. The van der Waals surface area contributed by atoms with Crippen LogP contribution in [0.4, 0.5) is 0 Å². The van der Waals surface area contributed by atoms with E-state index < -0.39 is 0 Å². The molecule has 0 heterocycles. The molecule has 0 saturated heterocycles.